The molecule has 0 aliphatic carbocycles. The minimum absolute atomic E-state index is 0.0376. The highest BCUT2D eigenvalue weighted by Gasteiger charge is 2.14. The number of benzene rings is 1. The van der Waals surface area contributed by atoms with E-state index in [0.29, 0.717) is 29.1 Å². The summed E-state index contributed by atoms with van der Waals surface area (Å²) in [5.74, 6) is -1.31. The number of pyridine rings is 1. The topological polar surface area (TPSA) is 103 Å². The molecule has 0 bridgehead atoms. The maximum Gasteiger partial charge on any atom is 0.249 e. The van der Waals surface area contributed by atoms with Crippen LogP contribution in [0.2, 0.25) is 0 Å². The molecule has 0 saturated heterocycles. The number of hydrogen-bond acceptors (Lipinski definition) is 6. The van der Waals surface area contributed by atoms with Gasteiger partial charge < -0.3 is 4.74 Å². The van der Waals surface area contributed by atoms with Crippen LogP contribution in [0.3, 0.4) is 0 Å². The van der Waals surface area contributed by atoms with E-state index in [2.05, 4.69) is 15.4 Å². The normalized spacial score (nSPS) is 11.5. The number of nitrogens with zero attached hydrogens (tertiary/aromatic N) is 3. The highest BCUT2D eigenvalue weighted by Crippen LogP contribution is 2.27. The third kappa shape index (κ3) is 4.59. The zero-order chi connectivity index (χ0) is 19.6. The van der Waals surface area contributed by atoms with E-state index >= 15 is 0 Å². The molecular formula is C17H17FN4O4S. The molecule has 0 saturated carbocycles. The maximum atomic E-state index is 14.2. The molecular weight excluding hydrogens is 375 g/mol. The van der Waals surface area contributed by atoms with Gasteiger partial charge in [-0.15, -0.1) is 5.10 Å². The number of ether oxygens (including phenoxy) is 1. The summed E-state index contributed by atoms with van der Waals surface area (Å²) in [5, 5.41) is 6.41. The van der Waals surface area contributed by atoms with Crippen molar-refractivity contribution < 1.29 is 22.3 Å². The summed E-state index contributed by atoms with van der Waals surface area (Å²) in [6, 6.07) is 7.74. The number of carbonyl (C=O) groups excluding carboxylic acids is 1. The van der Waals surface area contributed by atoms with Crippen LogP contribution in [0.4, 0.5) is 10.3 Å². The van der Waals surface area contributed by atoms with Crippen LogP contribution in [0.15, 0.2) is 36.5 Å². The van der Waals surface area contributed by atoms with Gasteiger partial charge in [-0.1, -0.05) is 0 Å². The smallest absolute Gasteiger partial charge is 0.249 e. The average molecular weight is 392 g/mol. The Bertz CT molecular complexity index is 1110. The molecule has 27 heavy (non-hydrogen) atoms. The van der Waals surface area contributed by atoms with Gasteiger partial charge in [-0.05, 0) is 37.3 Å². The summed E-state index contributed by atoms with van der Waals surface area (Å²) in [6.45, 7) is 2.30. The van der Waals surface area contributed by atoms with Gasteiger partial charge in [0.15, 0.2) is 15.5 Å². The Labute approximate surface area is 154 Å². The monoisotopic (exact) mass is 392 g/mol. The summed E-state index contributed by atoms with van der Waals surface area (Å²) in [5.41, 5.74) is 1.29. The molecule has 0 unspecified atom stereocenters. The summed E-state index contributed by atoms with van der Waals surface area (Å²) in [4.78, 5) is 15.8. The SMILES string of the molecule is CCOc1ccc(F)c(-c2ccc3nc(NC(=O)CS(C)(=O)=O)nn3c2)c1. The lowest BCUT2D eigenvalue weighted by Crippen LogP contribution is -2.22. The second-order valence-corrected chi connectivity index (χ2v) is 7.99. The van der Waals surface area contributed by atoms with Crippen molar-refractivity contribution in [1.29, 1.82) is 0 Å². The number of halogens is 1. The van der Waals surface area contributed by atoms with Gasteiger partial charge in [-0.25, -0.2) is 17.3 Å². The van der Waals surface area contributed by atoms with Crippen LogP contribution < -0.4 is 10.1 Å². The fourth-order valence-corrected chi connectivity index (χ4v) is 3.02. The van der Waals surface area contributed by atoms with Crippen molar-refractivity contribution in [3.63, 3.8) is 0 Å². The van der Waals surface area contributed by atoms with E-state index in [-0.39, 0.29) is 5.95 Å². The molecule has 142 valence electrons. The van der Waals surface area contributed by atoms with E-state index in [4.69, 9.17) is 4.74 Å². The Kier molecular flexibility index (Phi) is 5.08. The number of amides is 1. The van der Waals surface area contributed by atoms with Crippen molar-refractivity contribution in [2.75, 3.05) is 23.9 Å². The number of rotatable bonds is 6. The molecule has 0 spiro atoms. The first kappa shape index (κ1) is 18.8. The van der Waals surface area contributed by atoms with E-state index in [1.54, 1.807) is 30.5 Å². The minimum Gasteiger partial charge on any atom is -0.494 e. The van der Waals surface area contributed by atoms with Crippen molar-refractivity contribution in [3.8, 4) is 16.9 Å². The number of carbonyl (C=O) groups is 1. The predicted molar refractivity (Wildman–Crippen MR) is 97.9 cm³/mol. The Morgan fingerprint density at radius 2 is 2.07 bits per heavy atom. The van der Waals surface area contributed by atoms with Crippen molar-refractivity contribution >= 4 is 27.3 Å². The molecule has 10 heteroatoms. The standard InChI is InChI=1S/C17H17FN4O4S/c1-3-26-12-5-6-14(18)13(8-12)11-4-7-15-19-17(21-22(15)9-11)20-16(23)10-27(2,24)25/h4-9H,3,10H2,1-2H3,(H,20,21,23). The highest BCUT2D eigenvalue weighted by atomic mass is 32.2. The van der Waals surface area contributed by atoms with E-state index in [1.165, 1.54) is 10.6 Å². The molecule has 8 nitrogen and oxygen atoms in total. The molecule has 0 fully saturated rings. The molecule has 3 rings (SSSR count). The van der Waals surface area contributed by atoms with Crippen molar-refractivity contribution in [2.24, 2.45) is 0 Å². The molecule has 0 radical (unpaired) electrons. The van der Waals surface area contributed by atoms with Gasteiger partial charge in [-0.2, -0.15) is 4.98 Å². The van der Waals surface area contributed by atoms with E-state index < -0.39 is 27.3 Å². The second-order valence-electron chi connectivity index (χ2n) is 5.85. The third-order valence-corrected chi connectivity index (χ3v) is 4.32. The van der Waals surface area contributed by atoms with Crippen molar-refractivity contribution in [1.82, 2.24) is 14.6 Å². The zero-order valence-corrected chi connectivity index (χ0v) is 15.5. The van der Waals surface area contributed by atoms with Gasteiger partial charge in [0.2, 0.25) is 11.9 Å². The van der Waals surface area contributed by atoms with Crippen LogP contribution in [0, 0.1) is 5.82 Å². The molecule has 3 aromatic rings. The van der Waals surface area contributed by atoms with E-state index in [0.717, 1.165) is 6.26 Å². The summed E-state index contributed by atoms with van der Waals surface area (Å²) in [6.07, 6.45) is 2.52. The van der Waals surface area contributed by atoms with Gasteiger partial charge in [0.1, 0.15) is 17.3 Å². The molecule has 0 aliphatic heterocycles. The number of anilines is 1. The van der Waals surface area contributed by atoms with Crippen molar-refractivity contribution in [2.45, 2.75) is 6.92 Å². The van der Waals surface area contributed by atoms with Crippen LogP contribution in [0.5, 0.6) is 5.75 Å². The Morgan fingerprint density at radius 1 is 1.30 bits per heavy atom. The first-order valence-electron chi connectivity index (χ1n) is 8.02. The number of hydrogen-bond donors (Lipinski definition) is 1. The van der Waals surface area contributed by atoms with Gasteiger partial charge in [0, 0.05) is 23.6 Å². The largest absolute Gasteiger partial charge is 0.494 e. The lowest BCUT2D eigenvalue weighted by molar-refractivity contribution is -0.113. The molecule has 2 heterocycles. The molecule has 1 N–H and O–H groups in total. The number of fused-ring (bicyclic) bond motifs is 1. The quantitative estimate of drug-likeness (QED) is 0.688. The van der Waals surface area contributed by atoms with Gasteiger partial charge >= 0.3 is 0 Å². The molecule has 0 aliphatic rings. The predicted octanol–water partition coefficient (Wildman–Crippen LogP) is 1.92. The Balaban J connectivity index is 1.90. The zero-order valence-electron chi connectivity index (χ0n) is 14.6. The van der Waals surface area contributed by atoms with Crippen LogP contribution in [-0.2, 0) is 14.6 Å². The third-order valence-electron chi connectivity index (χ3n) is 3.54. The summed E-state index contributed by atoms with van der Waals surface area (Å²) in [7, 11) is -3.46. The fourth-order valence-electron chi connectivity index (χ4n) is 2.48. The molecule has 0 atom stereocenters. The lowest BCUT2D eigenvalue weighted by Gasteiger charge is -2.08. The van der Waals surface area contributed by atoms with Crippen LogP contribution in [0.1, 0.15) is 6.92 Å². The average Bonchev–Trinajstić information content (AvgIpc) is 2.96. The van der Waals surface area contributed by atoms with Gasteiger partial charge in [-0.3, -0.25) is 10.1 Å². The fraction of sp³-hybridized carbons (Fsp3) is 0.235. The second kappa shape index (κ2) is 7.31. The van der Waals surface area contributed by atoms with Crippen LogP contribution >= 0.6 is 0 Å². The van der Waals surface area contributed by atoms with Crippen LogP contribution in [0.25, 0.3) is 16.8 Å². The molecule has 1 amide bonds. The first-order valence-corrected chi connectivity index (χ1v) is 10.1. The maximum absolute atomic E-state index is 14.2. The number of nitrogens with one attached hydrogen (secondary N) is 1. The number of sulfone groups is 1. The number of aromatic nitrogens is 3. The van der Waals surface area contributed by atoms with Gasteiger partial charge in [0.05, 0.1) is 6.61 Å². The Hall–Kier alpha value is -3.01. The summed E-state index contributed by atoms with van der Waals surface area (Å²) >= 11 is 0. The Morgan fingerprint density at radius 3 is 2.78 bits per heavy atom. The van der Waals surface area contributed by atoms with Crippen molar-refractivity contribution in [3.05, 3.63) is 42.3 Å². The van der Waals surface area contributed by atoms with Crippen LogP contribution in [-0.4, -0.2) is 47.5 Å². The van der Waals surface area contributed by atoms with Gasteiger partial charge in [0.25, 0.3) is 0 Å². The molecule has 1 aromatic carbocycles. The molecule has 2 aromatic heterocycles. The lowest BCUT2D eigenvalue weighted by atomic mass is 10.1. The van der Waals surface area contributed by atoms with E-state index in [9.17, 15) is 17.6 Å². The summed E-state index contributed by atoms with van der Waals surface area (Å²) < 4.78 is 43.3. The first-order chi connectivity index (χ1) is 12.7. The highest BCUT2D eigenvalue weighted by molar-refractivity contribution is 7.91. The van der Waals surface area contributed by atoms with E-state index in [1.807, 2.05) is 6.92 Å². The minimum atomic E-state index is -3.46.